The first-order chi connectivity index (χ1) is 12.0. The minimum Gasteiger partial charge on any atom is -0.353 e. The molecular formula is C21H30N2O2. The lowest BCUT2D eigenvalue weighted by Gasteiger charge is -2.40. The standard InChI is InChI=1S/C21H30N2O2/c1-4-15(3)22-20(24)18-10-11-19(17-7-5-6-14(2)12-17)23(13-18)21(25)16-8-9-16/h5-7,12,15-16,18-19H,4,8-11,13H2,1-3H3,(H,22,24)/t15-,18+,19+/m0/s1. The molecule has 0 unspecified atom stereocenters. The molecule has 0 spiro atoms. The number of carbonyl (C=O) groups excluding carboxylic acids is 2. The Hall–Kier alpha value is -1.84. The zero-order chi connectivity index (χ0) is 18.0. The Kier molecular flexibility index (Phi) is 5.45. The van der Waals surface area contributed by atoms with E-state index < -0.39 is 0 Å². The van der Waals surface area contributed by atoms with Crippen LogP contribution in [0.4, 0.5) is 0 Å². The molecule has 136 valence electrons. The Labute approximate surface area is 151 Å². The molecule has 1 N–H and O–H groups in total. The summed E-state index contributed by atoms with van der Waals surface area (Å²) in [4.78, 5) is 27.4. The second-order valence-corrected chi connectivity index (χ2v) is 7.79. The van der Waals surface area contributed by atoms with Gasteiger partial charge in [-0.15, -0.1) is 0 Å². The second kappa shape index (κ2) is 7.59. The quantitative estimate of drug-likeness (QED) is 0.889. The van der Waals surface area contributed by atoms with Gasteiger partial charge < -0.3 is 10.2 Å². The summed E-state index contributed by atoms with van der Waals surface area (Å²) in [6.07, 6.45) is 4.63. The van der Waals surface area contributed by atoms with E-state index in [9.17, 15) is 9.59 Å². The molecule has 0 bridgehead atoms. The van der Waals surface area contributed by atoms with Gasteiger partial charge in [0.15, 0.2) is 0 Å². The van der Waals surface area contributed by atoms with Gasteiger partial charge in [-0.3, -0.25) is 9.59 Å². The summed E-state index contributed by atoms with van der Waals surface area (Å²) in [7, 11) is 0. The number of benzene rings is 1. The molecule has 2 aliphatic rings. The van der Waals surface area contributed by atoms with Gasteiger partial charge in [0.05, 0.1) is 12.0 Å². The third-order valence-corrected chi connectivity index (χ3v) is 5.59. The maximum absolute atomic E-state index is 12.9. The van der Waals surface area contributed by atoms with Crippen LogP contribution in [-0.2, 0) is 9.59 Å². The van der Waals surface area contributed by atoms with Gasteiger partial charge in [-0.05, 0) is 51.5 Å². The van der Waals surface area contributed by atoms with Crippen LogP contribution in [-0.4, -0.2) is 29.3 Å². The number of hydrogen-bond acceptors (Lipinski definition) is 2. The number of rotatable bonds is 5. The van der Waals surface area contributed by atoms with Crippen molar-refractivity contribution < 1.29 is 9.59 Å². The Bertz CT molecular complexity index is 639. The lowest BCUT2D eigenvalue weighted by molar-refractivity contribution is -0.140. The van der Waals surface area contributed by atoms with Crippen molar-refractivity contribution in [1.82, 2.24) is 10.2 Å². The summed E-state index contributed by atoms with van der Waals surface area (Å²) in [5, 5.41) is 3.09. The lowest BCUT2D eigenvalue weighted by atomic mass is 9.87. The summed E-state index contributed by atoms with van der Waals surface area (Å²) >= 11 is 0. The highest BCUT2D eigenvalue weighted by atomic mass is 16.2. The van der Waals surface area contributed by atoms with Crippen molar-refractivity contribution >= 4 is 11.8 Å². The number of aryl methyl sites for hydroxylation is 1. The van der Waals surface area contributed by atoms with Gasteiger partial charge in [0.1, 0.15) is 0 Å². The zero-order valence-corrected chi connectivity index (χ0v) is 15.6. The second-order valence-electron chi connectivity index (χ2n) is 7.79. The van der Waals surface area contributed by atoms with Gasteiger partial charge in [0, 0.05) is 18.5 Å². The number of hydrogen-bond donors (Lipinski definition) is 1. The van der Waals surface area contributed by atoms with Crippen LogP contribution in [0.1, 0.15) is 63.1 Å². The fraction of sp³-hybridized carbons (Fsp3) is 0.619. The first-order valence-corrected chi connectivity index (χ1v) is 9.67. The van der Waals surface area contributed by atoms with Crippen molar-refractivity contribution in [3.63, 3.8) is 0 Å². The van der Waals surface area contributed by atoms with Gasteiger partial charge in [-0.1, -0.05) is 36.8 Å². The predicted octanol–water partition coefficient (Wildman–Crippen LogP) is 3.60. The first-order valence-electron chi connectivity index (χ1n) is 9.67. The molecule has 2 fully saturated rings. The molecule has 0 radical (unpaired) electrons. The summed E-state index contributed by atoms with van der Waals surface area (Å²) in [5.41, 5.74) is 2.42. The van der Waals surface area contributed by atoms with Crippen molar-refractivity contribution in [3.05, 3.63) is 35.4 Å². The highest BCUT2D eigenvalue weighted by molar-refractivity contribution is 5.84. The van der Waals surface area contributed by atoms with Crippen LogP contribution in [0.2, 0.25) is 0 Å². The van der Waals surface area contributed by atoms with Crippen molar-refractivity contribution in [3.8, 4) is 0 Å². The van der Waals surface area contributed by atoms with Crippen LogP contribution in [0, 0.1) is 18.8 Å². The van der Waals surface area contributed by atoms with Gasteiger partial charge in [0.2, 0.25) is 11.8 Å². The van der Waals surface area contributed by atoms with Crippen LogP contribution in [0.3, 0.4) is 0 Å². The van der Waals surface area contributed by atoms with E-state index in [-0.39, 0.29) is 35.7 Å². The van der Waals surface area contributed by atoms with Crippen LogP contribution in [0.25, 0.3) is 0 Å². The van der Waals surface area contributed by atoms with Gasteiger partial charge >= 0.3 is 0 Å². The Balaban J connectivity index is 1.77. The highest BCUT2D eigenvalue weighted by Crippen LogP contribution is 2.39. The molecule has 1 aromatic carbocycles. The van der Waals surface area contributed by atoms with Crippen LogP contribution in [0.5, 0.6) is 0 Å². The summed E-state index contributed by atoms with van der Waals surface area (Å²) in [6, 6.07) is 8.74. The smallest absolute Gasteiger partial charge is 0.226 e. The highest BCUT2D eigenvalue weighted by Gasteiger charge is 2.41. The Morgan fingerprint density at radius 3 is 2.56 bits per heavy atom. The summed E-state index contributed by atoms with van der Waals surface area (Å²) < 4.78 is 0. The van der Waals surface area contributed by atoms with E-state index in [0.717, 1.165) is 32.1 Å². The zero-order valence-electron chi connectivity index (χ0n) is 15.6. The van der Waals surface area contributed by atoms with Crippen molar-refractivity contribution in [1.29, 1.82) is 0 Å². The number of nitrogens with one attached hydrogen (secondary N) is 1. The number of piperidine rings is 1. The van der Waals surface area contributed by atoms with E-state index >= 15 is 0 Å². The van der Waals surface area contributed by atoms with E-state index in [1.54, 1.807) is 0 Å². The normalized spacial score (nSPS) is 24.7. The van der Waals surface area contributed by atoms with Crippen molar-refractivity contribution in [2.24, 2.45) is 11.8 Å². The van der Waals surface area contributed by atoms with Gasteiger partial charge in [-0.25, -0.2) is 0 Å². The van der Waals surface area contributed by atoms with E-state index in [2.05, 4.69) is 43.4 Å². The van der Waals surface area contributed by atoms with Crippen LogP contribution < -0.4 is 5.32 Å². The molecular weight excluding hydrogens is 312 g/mol. The molecule has 25 heavy (non-hydrogen) atoms. The summed E-state index contributed by atoms with van der Waals surface area (Å²) in [5.74, 6) is 0.444. The molecule has 4 nitrogen and oxygen atoms in total. The largest absolute Gasteiger partial charge is 0.353 e. The minimum atomic E-state index is -0.0854. The molecule has 1 aliphatic heterocycles. The minimum absolute atomic E-state index is 0.0854. The molecule has 1 heterocycles. The van der Waals surface area contributed by atoms with Crippen LogP contribution in [0.15, 0.2) is 24.3 Å². The molecule has 1 saturated heterocycles. The SMILES string of the molecule is CC[C@H](C)NC(=O)[C@@H]1CC[C@H](c2cccc(C)c2)N(C(=O)C2CC2)C1. The van der Waals surface area contributed by atoms with E-state index in [4.69, 9.17) is 0 Å². The average Bonchev–Trinajstić information content (AvgIpc) is 3.45. The van der Waals surface area contributed by atoms with E-state index in [0.29, 0.717) is 6.54 Å². The fourth-order valence-corrected chi connectivity index (χ4v) is 3.68. The maximum atomic E-state index is 12.9. The fourth-order valence-electron chi connectivity index (χ4n) is 3.68. The molecule has 1 aliphatic carbocycles. The van der Waals surface area contributed by atoms with Gasteiger partial charge in [-0.2, -0.15) is 0 Å². The molecule has 3 atom stereocenters. The van der Waals surface area contributed by atoms with Gasteiger partial charge in [0.25, 0.3) is 0 Å². The Morgan fingerprint density at radius 2 is 1.92 bits per heavy atom. The number of nitrogens with zero attached hydrogens (tertiary/aromatic N) is 1. The molecule has 2 amide bonds. The molecule has 3 rings (SSSR count). The Morgan fingerprint density at radius 1 is 1.20 bits per heavy atom. The molecule has 4 heteroatoms. The average molecular weight is 342 g/mol. The maximum Gasteiger partial charge on any atom is 0.226 e. The van der Waals surface area contributed by atoms with Crippen molar-refractivity contribution in [2.75, 3.05) is 6.54 Å². The monoisotopic (exact) mass is 342 g/mol. The number of amides is 2. The number of likely N-dealkylation sites (tertiary alicyclic amines) is 1. The van der Waals surface area contributed by atoms with E-state index in [1.807, 2.05) is 11.8 Å². The topological polar surface area (TPSA) is 49.4 Å². The summed E-state index contributed by atoms with van der Waals surface area (Å²) in [6.45, 7) is 6.74. The number of carbonyl (C=O) groups is 2. The van der Waals surface area contributed by atoms with E-state index in [1.165, 1.54) is 11.1 Å². The van der Waals surface area contributed by atoms with Crippen molar-refractivity contribution in [2.45, 2.75) is 65.0 Å². The molecule has 1 saturated carbocycles. The third-order valence-electron chi connectivity index (χ3n) is 5.59. The lowest BCUT2D eigenvalue weighted by Crippen LogP contribution is -2.48. The molecule has 1 aromatic rings. The third kappa shape index (κ3) is 4.23. The predicted molar refractivity (Wildman–Crippen MR) is 99.0 cm³/mol. The first kappa shape index (κ1) is 18.0. The molecule has 0 aromatic heterocycles. The van der Waals surface area contributed by atoms with Crippen LogP contribution >= 0.6 is 0 Å².